The molecule has 1 N–H and O–H groups in total. The lowest BCUT2D eigenvalue weighted by molar-refractivity contribution is -0.145. The molecular formula is C20H23NO6. The van der Waals surface area contributed by atoms with Gasteiger partial charge in [-0.2, -0.15) is 0 Å². The Morgan fingerprint density at radius 1 is 0.889 bits per heavy atom. The van der Waals surface area contributed by atoms with Crippen molar-refractivity contribution in [1.82, 2.24) is 5.32 Å². The lowest BCUT2D eigenvalue weighted by atomic mass is 10.1. The topological polar surface area (TPSA) is 83.1 Å². The average molecular weight is 373 g/mol. The van der Waals surface area contributed by atoms with Crippen molar-refractivity contribution in [1.29, 1.82) is 0 Å². The molecule has 0 atom stereocenters. The van der Waals surface area contributed by atoms with E-state index in [1.807, 2.05) is 30.3 Å². The van der Waals surface area contributed by atoms with Crippen LogP contribution in [0.3, 0.4) is 0 Å². The highest BCUT2D eigenvalue weighted by molar-refractivity contribution is 5.83. The van der Waals surface area contributed by atoms with Gasteiger partial charge in [0, 0.05) is 0 Å². The highest BCUT2D eigenvalue weighted by Gasteiger charge is 2.15. The summed E-state index contributed by atoms with van der Waals surface area (Å²) in [5, 5.41) is 2.54. The number of methoxy groups -OCH3 is 3. The van der Waals surface area contributed by atoms with Crippen molar-refractivity contribution in [2.45, 2.75) is 13.0 Å². The van der Waals surface area contributed by atoms with Crippen LogP contribution < -0.4 is 19.5 Å². The van der Waals surface area contributed by atoms with E-state index in [0.717, 1.165) is 5.56 Å². The van der Waals surface area contributed by atoms with E-state index in [4.69, 9.17) is 18.9 Å². The minimum absolute atomic E-state index is 0.0582. The third-order valence-electron chi connectivity index (χ3n) is 3.76. The van der Waals surface area contributed by atoms with Crippen LogP contribution in [0.2, 0.25) is 0 Å². The van der Waals surface area contributed by atoms with Crippen molar-refractivity contribution in [3.05, 3.63) is 53.6 Å². The zero-order chi connectivity index (χ0) is 19.6. The van der Waals surface area contributed by atoms with Crippen LogP contribution in [-0.4, -0.2) is 39.8 Å². The predicted octanol–water partition coefficient (Wildman–Crippen LogP) is 2.11. The van der Waals surface area contributed by atoms with Crippen molar-refractivity contribution in [3.63, 3.8) is 0 Å². The first kappa shape index (κ1) is 20.1. The number of amides is 1. The van der Waals surface area contributed by atoms with Gasteiger partial charge in [0.15, 0.2) is 11.5 Å². The molecule has 0 heterocycles. The number of ether oxygens (including phenoxy) is 4. The standard InChI is InChI=1S/C20H23NO6/c1-24-16-9-15(10-17(25-2)20(16)26-3)11-18(22)21-12-19(23)27-13-14-7-5-4-6-8-14/h4-10H,11-13H2,1-3H3,(H,21,22). The Hall–Kier alpha value is -3.22. The van der Waals surface area contributed by atoms with E-state index in [0.29, 0.717) is 22.8 Å². The van der Waals surface area contributed by atoms with Crippen molar-refractivity contribution in [3.8, 4) is 17.2 Å². The second-order valence-electron chi connectivity index (χ2n) is 5.63. The lowest BCUT2D eigenvalue weighted by Gasteiger charge is -2.14. The fourth-order valence-electron chi connectivity index (χ4n) is 2.45. The highest BCUT2D eigenvalue weighted by atomic mass is 16.5. The van der Waals surface area contributed by atoms with Gasteiger partial charge in [-0.3, -0.25) is 9.59 Å². The number of hydrogen-bond donors (Lipinski definition) is 1. The second kappa shape index (κ2) is 10.1. The number of carbonyl (C=O) groups is 2. The molecule has 0 aliphatic carbocycles. The van der Waals surface area contributed by atoms with Gasteiger partial charge >= 0.3 is 5.97 Å². The van der Waals surface area contributed by atoms with Crippen LogP contribution in [0.4, 0.5) is 0 Å². The molecule has 2 rings (SSSR count). The van der Waals surface area contributed by atoms with Crippen LogP contribution in [0.5, 0.6) is 17.2 Å². The first-order chi connectivity index (χ1) is 13.1. The molecule has 0 fully saturated rings. The molecule has 0 aliphatic rings. The van der Waals surface area contributed by atoms with Crippen molar-refractivity contribution < 1.29 is 28.5 Å². The largest absolute Gasteiger partial charge is 0.493 e. The zero-order valence-electron chi connectivity index (χ0n) is 15.6. The molecule has 0 unspecified atom stereocenters. The Balaban J connectivity index is 1.87. The van der Waals surface area contributed by atoms with Gasteiger partial charge in [0.1, 0.15) is 13.2 Å². The molecule has 2 aromatic carbocycles. The number of nitrogens with one attached hydrogen (secondary N) is 1. The summed E-state index contributed by atoms with van der Waals surface area (Å²) in [6, 6.07) is 12.7. The number of esters is 1. The molecule has 0 saturated heterocycles. The van der Waals surface area contributed by atoms with E-state index in [-0.39, 0.29) is 25.5 Å². The zero-order valence-corrected chi connectivity index (χ0v) is 15.6. The summed E-state index contributed by atoms with van der Waals surface area (Å²) in [6.45, 7) is -0.0293. The van der Waals surface area contributed by atoms with Gasteiger partial charge in [-0.25, -0.2) is 0 Å². The maximum atomic E-state index is 12.1. The number of carbonyl (C=O) groups excluding carboxylic acids is 2. The van der Waals surface area contributed by atoms with E-state index in [9.17, 15) is 9.59 Å². The number of hydrogen-bond acceptors (Lipinski definition) is 6. The highest BCUT2D eigenvalue weighted by Crippen LogP contribution is 2.38. The minimum atomic E-state index is -0.503. The first-order valence-electron chi connectivity index (χ1n) is 8.32. The van der Waals surface area contributed by atoms with E-state index >= 15 is 0 Å². The van der Waals surface area contributed by atoms with Gasteiger partial charge in [-0.1, -0.05) is 30.3 Å². The Labute approximate surface area is 158 Å². The van der Waals surface area contributed by atoms with Gasteiger partial charge < -0.3 is 24.3 Å². The Kier molecular flexibility index (Phi) is 7.49. The molecule has 7 heteroatoms. The maximum Gasteiger partial charge on any atom is 0.325 e. The van der Waals surface area contributed by atoms with Crippen molar-refractivity contribution in [2.75, 3.05) is 27.9 Å². The quantitative estimate of drug-likeness (QED) is 0.678. The van der Waals surface area contributed by atoms with Gasteiger partial charge in [0.2, 0.25) is 11.7 Å². The van der Waals surface area contributed by atoms with Gasteiger partial charge in [0.25, 0.3) is 0 Å². The molecule has 0 radical (unpaired) electrons. The third-order valence-corrected chi connectivity index (χ3v) is 3.76. The van der Waals surface area contributed by atoms with Crippen LogP contribution in [0, 0.1) is 0 Å². The van der Waals surface area contributed by atoms with Crippen LogP contribution in [0.15, 0.2) is 42.5 Å². The SMILES string of the molecule is COc1cc(CC(=O)NCC(=O)OCc2ccccc2)cc(OC)c1OC. The second-order valence-corrected chi connectivity index (χ2v) is 5.63. The summed E-state index contributed by atoms with van der Waals surface area (Å²) < 4.78 is 20.9. The molecule has 1 amide bonds. The first-order valence-corrected chi connectivity index (χ1v) is 8.32. The number of rotatable bonds is 9. The molecule has 144 valence electrons. The third kappa shape index (κ3) is 5.91. The monoisotopic (exact) mass is 373 g/mol. The lowest BCUT2D eigenvalue weighted by Crippen LogP contribution is -2.31. The molecule has 0 bridgehead atoms. The molecule has 7 nitrogen and oxygen atoms in total. The fourth-order valence-corrected chi connectivity index (χ4v) is 2.45. The van der Waals surface area contributed by atoms with E-state index in [1.165, 1.54) is 21.3 Å². The number of benzene rings is 2. The van der Waals surface area contributed by atoms with Crippen LogP contribution in [-0.2, 0) is 27.4 Å². The molecule has 0 spiro atoms. The van der Waals surface area contributed by atoms with E-state index in [2.05, 4.69) is 5.32 Å². The summed E-state index contributed by atoms with van der Waals surface area (Å²) in [7, 11) is 4.52. The predicted molar refractivity (Wildman–Crippen MR) is 99.0 cm³/mol. The van der Waals surface area contributed by atoms with E-state index in [1.54, 1.807) is 12.1 Å². The average Bonchev–Trinajstić information content (AvgIpc) is 2.70. The molecule has 0 aliphatic heterocycles. The summed E-state index contributed by atoms with van der Waals surface area (Å²) in [5.74, 6) is 0.551. The van der Waals surface area contributed by atoms with Gasteiger partial charge in [-0.05, 0) is 23.3 Å². The molecule has 27 heavy (non-hydrogen) atoms. The maximum absolute atomic E-state index is 12.1. The van der Waals surface area contributed by atoms with Crippen molar-refractivity contribution in [2.24, 2.45) is 0 Å². The summed E-state index contributed by atoms with van der Waals surface area (Å²) >= 11 is 0. The molecular weight excluding hydrogens is 350 g/mol. The van der Waals surface area contributed by atoms with Gasteiger partial charge in [0.05, 0.1) is 27.8 Å². The summed E-state index contributed by atoms with van der Waals surface area (Å²) in [6.07, 6.45) is 0.0582. The molecule has 0 aromatic heterocycles. The Morgan fingerprint density at radius 2 is 1.52 bits per heavy atom. The molecule has 2 aromatic rings. The Bertz CT molecular complexity index is 750. The summed E-state index contributed by atoms with van der Waals surface area (Å²) in [4.78, 5) is 23.9. The smallest absolute Gasteiger partial charge is 0.325 e. The van der Waals surface area contributed by atoms with Gasteiger partial charge in [-0.15, -0.1) is 0 Å². The van der Waals surface area contributed by atoms with Crippen LogP contribution in [0.25, 0.3) is 0 Å². The van der Waals surface area contributed by atoms with Crippen LogP contribution in [0.1, 0.15) is 11.1 Å². The normalized spacial score (nSPS) is 10.0. The minimum Gasteiger partial charge on any atom is -0.493 e. The Morgan fingerprint density at radius 3 is 2.07 bits per heavy atom. The van der Waals surface area contributed by atoms with Crippen LogP contribution >= 0.6 is 0 Å². The molecule has 0 saturated carbocycles. The fraction of sp³-hybridized carbons (Fsp3) is 0.300. The van der Waals surface area contributed by atoms with E-state index < -0.39 is 5.97 Å². The summed E-state index contributed by atoms with van der Waals surface area (Å²) in [5.41, 5.74) is 1.55. The van der Waals surface area contributed by atoms with Crippen molar-refractivity contribution >= 4 is 11.9 Å².